The molecular weight excluding hydrogens is 1210 g/mol. The van der Waals surface area contributed by atoms with Crippen LogP contribution in [-0.4, -0.2) is 193 Å². The van der Waals surface area contributed by atoms with E-state index < -0.39 is 124 Å². The molecule has 3 rings (SSSR count). The van der Waals surface area contributed by atoms with Crippen LogP contribution in [0.4, 0.5) is 0 Å². The van der Waals surface area contributed by atoms with Crippen LogP contribution in [0.2, 0.25) is 0 Å². The highest BCUT2D eigenvalue weighted by Crippen LogP contribution is 2.33. The van der Waals surface area contributed by atoms with Gasteiger partial charge in [0.1, 0.15) is 73.2 Å². The zero-order valence-corrected chi connectivity index (χ0v) is 59.7. The summed E-state index contributed by atoms with van der Waals surface area (Å²) in [5, 5.41) is 121. The van der Waals surface area contributed by atoms with Gasteiger partial charge < -0.3 is 89.9 Å². The number of hydrogen-bond acceptors (Lipinski definition) is 18. The Morgan fingerprint density at radius 2 is 0.674 bits per heavy atom. The molecule has 3 fully saturated rings. The van der Waals surface area contributed by atoms with Gasteiger partial charge in [0.05, 0.1) is 38.6 Å². The highest BCUT2D eigenvalue weighted by Gasteiger charge is 2.53. The summed E-state index contributed by atoms with van der Waals surface area (Å²) in [5.74, 6) is -0.278. The second kappa shape index (κ2) is 57.8. The lowest BCUT2D eigenvalue weighted by Gasteiger charge is -2.48. The number of hydrogen-bond donors (Lipinski definition) is 12. The van der Waals surface area contributed by atoms with E-state index in [0.717, 1.165) is 38.5 Å². The normalized spacial score (nSPS) is 27.3. The SMILES string of the molecule is CCCCCCCCCCCCCC/C=C/CC/C=C/C(O)C(COC1OC(CO)C(OC2OC(CO)C(OC3OC(CO)C(O)C(O)C3O)C(O)C2O)C(O)C1O)NC(=O)CCCCCCCCCCCCCCCCCCCCCCCCCCCCCCCCCC. The number of allylic oxidation sites excluding steroid dienone is 3. The molecule has 0 radical (unpaired) electrons. The molecule has 0 saturated carbocycles. The third-order valence-corrected chi connectivity index (χ3v) is 19.8. The number of aliphatic hydroxyl groups excluding tert-OH is 11. The molecule has 3 heterocycles. The van der Waals surface area contributed by atoms with Crippen LogP contribution in [0, 0.1) is 0 Å². The van der Waals surface area contributed by atoms with Crippen LogP contribution >= 0.6 is 0 Å². The van der Waals surface area contributed by atoms with E-state index in [2.05, 4.69) is 31.3 Å². The van der Waals surface area contributed by atoms with Crippen molar-refractivity contribution in [1.29, 1.82) is 0 Å². The molecule has 3 aliphatic heterocycles. The Morgan fingerprint density at radius 1 is 0.368 bits per heavy atom. The van der Waals surface area contributed by atoms with Gasteiger partial charge in [0.25, 0.3) is 0 Å². The van der Waals surface area contributed by atoms with E-state index in [1.165, 1.54) is 250 Å². The first-order valence-electron chi connectivity index (χ1n) is 39.1. The number of aliphatic hydroxyl groups is 11. The first-order chi connectivity index (χ1) is 46.3. The number of carbonyl (C=O) groups excluding carboxylic acids is 1. The van der Waals surface area contributed by atoms with Crippen molar-refractivity contribution in [2.45, 2.75) is 426 Å². The zero-order chi connectivity index (χ0) is 68.9. The molecule has 0 spiro atoms. The number of unbranched alkanes of at least 4 members (excludes halogenated alkanes) is 44. The first-order valence-corrected chi connectivity index (χ1v) is 39.1. The molecule has 1 amide bonds. The Hall–Kier alpha value is -1.73. The fraction of sp³-hybridized carbons (Fsp3) is 0.934. The standard InChI is InChI=1S/C76H143NO18/c1-3-5-7-9-11-13-15-17-19-21-23-24-25-26-27-28-29-30-31-32-33-34-35-36-38-40-42-44-46-48-50-52-54-64(82)77-59(60(81)53-51-49-47-45-43-41-39-37-22-20-18-16-14-12-10-8-6-4-2)58-90-74-70(88)67(85)72(62(56-79)92-74)95-76-71(89)68(86)73(63(57-80)93-76)94-75-69(87)66(84)65(83)61(55-78)91-75/h43,45,51,53,59-63,65-76,78-81,83-89H,3-42,44,46-50,52,54-58H2,1-2H3,(H,77,82)/b45-43+,53-51+. The van der Waals surface area contributed by atoms with Gasteiger partial charge in [-0.3, -0.25) is 4.79 Å². The third kappa shape index (κ3) is 38.8. The summed E-state index contributed by atoms with van der Waals surface area (Å²) in [6.07, 6.45) is 41.8. The molecule has 0 aromatic heterocycles. The fourth-order valence-electron chi connectivity index (χ4n) is 13.4. The second-order valence-electron chi connectivity index (χ2n) is 28.2. The molecule has 0 aromatic carbocycles. The third-order valence-electron chi connectivity index (χ3n) is 19.8. The largest absolute Gasteiger partial charge is 0.394 e. The number of carbonyl (C=O) groups is 1. The van der Waals surface area contributed by atoms with Crippen LogP contribution in [0.25, 0.3) is 0 Å². The van der Waals surface area contributed by atoms with Gasteiger partial charge >= 0.3 is 0 Å². The van der Waals surface area contributed by atoms with Crippen molar-refractivity contribution in [1.82, 2.24) is 5.32 Å². The smallest absolute Gasteiger partial charge is 0.220 e. The Labute approximate surface area is 575 Å². The van der Waals surface area contributed by atoms with Gasteiger partial charge in [-0.2, -0.15) is 0 Å². The summed E-state index contributed by atoms with van der Waals surface area (Å²) < 4.78 is 34.4. The van der Waals surface area contributed by atoms with E-state index in [1.807, 2.05) is 6.08 Å². The van der Waals surface area contributed by atoms with Crippen LogP contribution in [0.15, 0.2) is 24.3 Å². The maximum absolute atomic E-state index is 13.4. The Kier molecular flexibility index (Phi) is 53.3. The Bertz CT molecular complexity index is 1810. The van der Waals surface area contributed by atoms with E-state index in [0.29, 0.717) is 12.8 Å². The number of rotatable bonds is 62. The summed E-state index contributed by atoms with van der Waals surface area (Å²) in [6.45, 7) is 1.76. The van der Waals surface area contributed by atoms with Crippen molar-refractivity contribution in [3.05, 3.63) is 24.3 Å². The summed E-state index contributed by atoms with van der Waals surface area (Å²) in [4.78, 5) is 13.4. The predicted molar refractivity (Wildman–Crippen MR) is 374 cm³/mol. The van der Waals surface area contributed by atoms with Gasteiger partial charge in [-0.05, 0) is 32.1 Å². The number of amides is 1. The average Bonchev–Trinajstić information content (AvgIpc) is 0.787. The Balaban J connectivity index is 1.36. The quantitative estimate of drug-likeness (QED) is 0.0199. The molecule has 12 N–H and O–H groups in total. The van der Waals surface area contributed by atoms with Crippen LogP contribution < -0.4 is 5.32 Å². The Morgan fingerprint density at radius 3 is 1.05 bits per heavy atom. The molecule has 0 aliphatic carbocycles. The topological polar surface area (TPSA) is 307 Å². The summed E-state index contributed by atoms with van der Waals surface area (Å²) in [6, 6.07) is -0.987. The van der Waals surface area contributed by atoms with Crippen molar-refractivity contribution in [3.63, 3.8) is 0 Å². The summed E-state index contributed by atoms with van der Waals surface area (Å²) >= 11 is 0. The van der Waals surface area contributed by atoms with Gasteiger partial charge in [0, 0.05) is 6.42 Å². The molecule has 19 heteroatoms. The summed E-state index contributed by atoms with van der Waals surface area (Å²) in [5.41, 5.74) is 0. The van der Waals surface area contributed by atoms with Gasteiger partial charge in [-0.1, -0.05) is 308 Å². The molecule has 95 heavy (non-hydrogen) atoms. The van der Waals surface area contributed by atoms with Crippen LogP contribution in [0.5, 0.6) is 0 Å². The predicted octanol–water partition coefficient (Wildman–Crippen LogP) is 12.2. The van der Waals surface area contributed by atoms with E-state index >= 15 is 0 Å². The lowest BCUT2D eigenvalue weighted by molar-refractivity contribution is -0.379. The van der Waals surface area contributed by atoms with Crippen molar-refractivity contribution in [2.75, 3.05) is 26.4 Å². The van der Waals surface area contributed by atoms with E-state index in [4.69, 9.17) is 28.4 Å². The number of ether oxygens (including phenoxy) is 6. The van der Waals surface area contributed by atoms with Crippen LogP contribution in [-0.2, 0) is 33.2 Å². The minimum Gasteiger partial charge on any atom is -0.394 e. The van der Waals surface area contributed by atoms with Gasteiger partial charge in [-0.15, -0.1) is 0 Å². The zero-order valence-electron chi connectivity index (χ0n) is 59.7. The van der Waals surface area contributed by atoms with Gasteiger partial charge in [0.2, 0.25) is 5.91 Å². The second-order valence-corrected chi connectivity index (χ2v) is 28.2. The maximum atomic E-state index is 13.4. The lowest BCUT2D eigenvalue weighted by Crippen LogP contribution is -2.66. The van der Waals surface area contributed by atoms with E-state index in [9.17, 15) is 61.0 Å². The summed E-state index contributed by atoms with van der Waals surface area (Å²) in [7, 11) is 0. The van der Waals surface area contributed by atoms with E-state index in [1.54, 1.807) is 6.08 Å². The number of nitrogens with one attached hydrogen (secondary N) is 1. The fourth-order valence-corrected chi connectivity index (χ4v) is 13.4. The first kappa shape index (κ1) is 87.5. The monoisotopic (exact) mass is 1360 g/mol. The molecule has 19 nitrogen and oxygen atoms in total. The van der Waals surface area contributed by atoms with Gasteiger partial charge in [-0.25, -0.2) is 0 Å². The molecule has 3 aliphatic rings. The molecule has 0 bridgehead atoms. The van der Waals surface area contributed by atoms with Crippen molar-refractivity contribution in [2.24, 2.45) is 0 Å². The maximum Gasteiger partial charge on any atom is 0.220 e. The average molecular weight is 1360 g/mol. The minimum atomic E-state index is -1.98. The van der Waals surface area contributed by atoms with Crippen LogP contribution in [0.3, 0.4) is 0 Å². The molecule has 17 atom stereocenters. The van der Waals surface area contributed by atoms with Crippen molar-refractivity contribution >= 4 is 5.91 Å². The molecule has 0 aromatic rings. The minimum absolute atomic E-state index is 0.241. The van der Waals surface area contributed by atoms with Crippen molar-refractivity contribution in [3.8, 4) is 0 Å². The van der Waals surface area contributed by atoms with Crippen molar-refractivity contribution < 1.29 is 89.4 Å². The lowest BCUT2D eigenvalue weighted by atomic mass is 9.96. The molecule has 560 valence electrons. The molecule has 17 unspecified atom stereocenters. The molecule has 3 saturated heterocycles. The van der Waals surface area contributed by atoms with E-state index in [-0.39, 0.29) is 18.9 Å². The van der Waals surface area contributed by atoms with Crippen LogP contribution in [0.1, 0.15) is 322 Å². The highest BCUT2D eigenvalue weighted by atomic mass is 16.8. The van der Waals surface area contributed by atoms with Gasteiger partial charge in [0.15, 0.2) is 18.9 Å². The molecular formula is C76H143NO18. The highest BCUT2D eigenvalue weighted by molar-refractivity contribution is 5.76.